The molecule has 1 atom stereocenters. The first kappa shape index (κ1) is 14.3. The van der Waals surface area contributed by atoms with Gasteiger partial charge in [-0.15, -0.1) is 0 Å². The van der Waals surface area contributed by atoms with Crippen molar-refractivity contribution >= 4 is 12.0 Å². The van der Waals surface area contributed by atoms with Gasteiger partial charge in [0.1, 0.15) is 12.4 Å². The van der Waals surface area contributed by atoms with Crippen molar-refractivity contribution in [3.8, 4) is 0 Å². The van der Waals surface area contributed by atoms with Crippen molar-refractivity contribution in [2.75, 3.05) is 20.2 Å². The molecule has 0 spiro atoms. The van der Waals surface area contributed by atoms with E-state index in [2.05, 4.69) is 10.1 Å². The predicted octanol–water partition coefficient (Wildman–Crippen LogP) is 1.85. The number of ether oxygens (including phenoxy) is 1. The molecule has 20 heavy (non-hydrogen) atoms. The Kier molecular flexibility index (Phi) is 4.55. The van der Waals surface area contributed by atoms with Crippen LogP contribution in [0.25, 0.3) is 0 Å². The maximum absolute atomic E-state index is 13.3. The molecule has 1 saturated heterocycles. The van der Waals surface area contributed by atoms with Gasteiger partial charge in [-0.25, -0.2) is 9.18 Å². The van der Waals surface area contributed by atoms with Crippen LogP contribution >= 0.6 is 0 Å². The molecule has 2 amide bonds. The number of carbonyl (C=O) groups excluding carboxylic acids is 2. The van der Waals surface area contributed by atoms with Gasteiger partial charge >= 0.3 is 12.0 Å². The van der Waals surface area contributed by atoms with Crippen molar-refractivity contribution in [3.63, 3.8) is 0 Å². The second-order valence-corrected chi connectivity index (χ2v) is 4.64. The third kappa shape index (κ3) is 3.26. The van der Waals surface area contributed by atoms with E-state index in [9.17, 15) is 14.0 Å². The average Bonchev–Trinajstić information content (AvgIpc) is 2.93. The number of amides is 2. The molecule has 1 fully saturated rings. The Hall–Kier alpha value is -2.11. The van der Waals surface area contributed by atoms with Crippen molar-refractivity contribution in [2.45, 2.75) is 18.9 Å². The Labute approximate surface area is 116 Å². The number of urea groups is 1. The molecule has 1 N–H and O–H groups in total. The maximum atomic E-state index is 13.3. The van der Waals surface area contributed by atoms with Gasteiger partial charge in [0.05, 0.1) is 13.2 Å². The van der Waals surface area contributed by atoms with E-state index in [1.54, 1.807) is 17.0 Å². The highest BCUT2D eigenvalue weighted by atomic mass is 19.1. The van der Waals surface area contributed by atoms with Gasteiger partial charge in [0.25, 0.3) is 0 Å². The lowest BCUT2D eigenvalue weighted by Crippen LogP contribution is -2.41. The monoisotopic (exact) mass is 280 g/mol. The molecular weight excluding hydrogens is 263 g/mol. The van der Waals surface area contributed by atoms with E-state index in [-0.39, 0.29) is 24.4 Å². The number of nitrogens with one attached hydrogen (secondary N) is 1. The zero-order valence-corrected chi connectivity index (χ0v) is 11.3. The summed E-state index contributed by atoms with van der Waals surface area (Å²) in [6.45, 7) is 0.426. The minimum Gasteiger partial charge on any atom is -0.468 e. The van der Waals surface area contributed by atoms with E-state index in [4.69, 9.17) is 0 Å². The van der Waals surface area contributed by atoms with Crippen molar-refractivity contribution in [1.82, 2.24) is 10.2 Å². The van der Waals surface area contributed by atoms with Gasteiger partial charge in [-0.1, -0.05) is 12.1 Å². The van der Waals surface area contributed by atoms with Gasteiger partial charge in [0.15, 0.2) is 0 Å². The molecule has 1 aromatic carbocycles. The van der Waals surface area contributed by atoms with Gasteiger partial charge in [-0.2, -0.15) is 0 Å². The van der Waals surface area contributed by atoms with E-state index in [1.165, 1.54) is 19.2 Å². The summed E-state index contributed by atoms with van der Waals surface area (Å²) in [5, 5.41) is 2.51. The van der Waals surface area contributed by atoms with Crippen LogP contribution in [0.4, 0.5) is 9.18 Å². The molecule has 0 radical (unpaired) electrons. The molecule has 1 unspecified atom stereocenters. The van der Waals surface area contributed by atoms with Crippen LogP contribution in [0.3, 0.4) is 0 Å². The number of halogens is 1. The van der Waals surface area contributed by atoms with Crippen LogP contribution in [0, 0.1) is 5.82 Å². The number of rotatable bonds is 3. The third-order valence-corrected chi connectivity index (χ3v) is 3.36. The minimum absolute atomic E-state index is 0.150. The SMILES string of the molecule is COC(=O)CNC(=O)N1CCCC1c1cccc(F)c1. The Morgan fingerprint density at radius 2 is 2.30 bits per heavy atom. The first-order valence-corrected chi connectivity index (χ1v) is 6.48. The highest BCUT2D eigenvalue weighted by Crippen LogP contribution is 2.31. The van der Waals surface area contributed by atoms with Crippen LogP contribution in [0.2, 0.25) is 0 Å². The fraction of sp³-hybridized carbons (Fsp3) is 0.429. The molecule has 0 saturated carbocycles. The summed E-state index contributed by atoms with van der Waals surface area (Å²) in [6.07, 6.45) is 1.64. The molecule has 2 rings (SSSR count). The number of hydrogen-bond acceptors (Lipinski definition) is 3. The van der Waals surface area contributed by atoms with Crippen molar-refractivity contribution < 1.29 is 18.7 Å². The molecule has 5 nitrogen and oxygen atoms in total. The molecular formula is C14H17FN2O3. The zero-order valence-electron chi connectivity index (χ0n) is 11.3. The van der Waals surface area contributed by atoms with Crippen LogP contribution in [0.1, 0.15) is 24.4 Å². The standard InChI is InChI=1S/C14H17FN2O3/c1-20-13(18)9-16-14(19)17-7-3-6-12(17)10-4-2-5-11(15)8-10/h2,4-5,8,12H,3,6-7,9H2,1H3,(H,16,19). The summed E-state index contributed by atoms with van der Waals surface area (Å²) in [4.78, 5) is 24.7. The summed E-state index contributed by atoms with van der Waals surface area (Å²) in [6, 6.07) is 5.77. The molecule has 0 aliphatic carbocycles. The molecule has 0 aromatic heterocycles. The topological polar surface area (TPSA) is 58.6 Å². The Bertz CT molecular complexity index is 507. The summed E-state index contributed by atoms with van der Waals surface area (Å²) >= 11 is 0. The summed E-state index contributed by atoms with van der Waals surface area (Å²) in [5.41, 5.74) is 0.774. The second kappa shape index (κ2) is 6.36. The molecule has 1 aliphatic heterocycles. The smallest absolute Gasteiger partial charge is 0.325 e. The highest BCUT2D eigenvalue weighted by molar-refractivity contribution is 5.81. The van der Waals surface area contributed by atoms with E-state index in [0.717, 1.165) is 18.4 Å². The minimum atomic E-state index is -0.500. The number of carbonyl (C=O) groups is 2. The molecule has 1 aliphatic rings. The fourth-order valence-corrected chi connectivity index (χ4v) is 2.39. The summed E-state index contributed by atoms with van der Waals surface area (Å²) in [5.74, 6) is -0.816. The fourth-order valence-electron chi connectivity index (χ4n) is 2.39. The first-order valence-electron chi connectivity index (χ1n) is 6.48. The lowest BCUT2D eigenvalue weighted by molar-refractivity contribution is -0.139. The van der Waals surface area contributed by atoms with Crippen molar-refractivity contribution in [3.05, 3.63) is 35.6 Å². The second-order valence-electron chi connectivity index (χ2n) is 4.64. The third-order valence-electron chi connectivity index (χ3n) is 3.36. The molecule has 108 valence electrons. The lowest BCUT2D eigenvalue weighted by atomic mass is 10.0. The van der Waals surface area contributed by atoms with Gasteiger partial charge < -0.3 is 15.0 Å². The number of benzene rings is 1. The molecule has 1 heterocycles. The molecule has 0 bridgehead atoms. The number of likely N-dealkylation sites (tertiary alicyclic amines) is 1. The van der Waals surface area contributed by atoms with Gasteiger partial charge in [0, 0.05) is 6.54 Å². The number of hydrogen-bond donors (Lipinski definition) is 1. The quantitative estimate of drug-likeness (QED) is 0.860. The molecule has 6 heteroatoms. The first-order chi connectivity index (χ1) is 9.61. The Balaban J connectivity index is 2.03. The normalized spacial score (nSPS) is 17.9. The Morgan fingerprint density at radius 3 is 3.00 bits per heavy atom. The van der Waals surface area contributed by atoms with E-state index in [1.807, 2.05) is 0 Å². The molecule has 1 aromatic rings. The van der Waals surface area contributed by atoms with Crippen LogP contribution in [0.15, 0.2) is 24.3 Å². The maximum Gasteiger partial charge on any atom is 0.325 e. The Morgan fingerprint density at radius 1 is 1.50 bits per heavy atom. The van der Waals surface area contributed by atoms with Crippen LogP contribution in [0.5, 0.6) is 0 Å². The van der Waals surface area contributed by atoms with Crippen LogP contribution in [-0.4, -0.2) is 37.1 Å². The number of methoxy groups -OCH3 is 1. The summed E-state index contributed by atoms with van der Waals surface area (Å²) in [7, 11) is 1.26. The van der Waals surface area contributed by atoms with E-state index >= 15 is 0 Å². The summed E-state index contributed by atoms with van der Waals surface area (Å²) < 4.78 is 17.7. The zero-order chi connectivity index (χ0) is 14.5. The lowest BCUT2D eigenvalue weighted by Gasteiger charge is -2.25. The van der Waals surface area contributed by atoms with Crippen LogP contribution < -0.4 is 5.32 Å². The van der Waals surface area contributed by atoms with Crippen LogP contribution in [-0.2, 0) is 9.53 Å². The van der Waals surface area contributed by atoms with Gasteiger partial charge in [-0.05, 0) is 30.5 Å². The van der Waals surface area contributed by atoms with E-state index in [0.29, 0.717) is 6.54 Å². The predicted molar refractivity (Wildman–Crippen MR) is 70.5 cm³/mol. The van der Waals surface area contributed by atoms with Gasteiger partial charge in [-0.3, -0.25) is 4.79 Å². The largest absolute Gasteiger partial charge is 0.468 e. The number of esters is 1. The van der Waals surface area contributed by atoms with Crippen molar-refractivity contribution in [2.24, 2.45) is 0 Å². The average molecular weight is 280 g/mol. The van der Waals surface area contributed by atoms with Crippen molar-refractivity contribution in [1.29, 1.82) is 0 Å². The van der Waals surface area contributed by atoms with Gasteiger partial charge in [0.2, 0.25) is 0 Å². The highest BCUT2D eigenvalue weighted by Gasteiger charge is 2.30. The van der Waals surface area contributed by atoms with E-state index < -0.39 is 5.97 Å². The number of nitrogens with zero attached hydrogens (tertiary/aromatic N) is 1.